The van der Waals surface area contributed by atoms with Crippen LogP contribution in [0.2, 0.25) is 0 Å². The minimum atomic E-state index is -1.53. The summed E-state index contributed by atoms with van der Waals surface area (Å²) in [5.74, 6) is 0.429. The lowest BCUT2D eigenvalue weighted by Gasteiger charge is -2.51. The van der Waals surface area contributed by atoms with E-state index in [1.165, 1.54) is 0 Å². The molecule has 29 heavy (non-hydrogen) atoms. The predicted octanol–water partition coefficient (Wildman–Crippen LogP) is 3.55. The van der Waals surface area contributed by atoms with Gasteiger partial charge in [0.25, 0.3) is 0 Å². The molecule has 1 heterocycles. The molecule has 1 aliphatic heterocycles. The smallest absolute Gasteiger partial charge is 0.209 e. The number of quaternary nitrogens is 1. The van der Waals surface area contributed by atoms with Gasteiger partial charge in [-0.25, -0.2) is 4.21 Å². The fraction of sp³-hybridized carbons (Fsp3) is 0.455. The first-order valence-corrected chi connectivity index (χ1v) is 12.1. The zero-order chi connectivity index (χ0) is 21.0. The molecule has 1 aliphatic rings. The van der Waals surface area contributed by atoms with E-state index in [0.717, 1.165) is 15.8 Å². The van der Waals surface area contributed by atoms with Crippen molar-refractivity contribution in [1.82, 2.24) is 0 Å². The maximum atomic E-state index is 13.9. The van der Waals surface area contributed by atoms with Gasteiger partial charge in [-0.15, -0.1) is 0 Å². The van der Waals surface area contributed by atoms with Gasteiger partial charge < -0.3 is 19.7 Å². The lowest BCUT2D eigenvalue weighted by Crippen LogP contribution is -3.17. The number of para-hydroxylation sites is 1. The highest BCUT2D eigenvalue weighted by molar-refractivity contribution is 9.09. The monoisotopic (exact) mass is 481 g/mol. The summed E-state index contributed by atoms with van der Waals surface area (Å²) in [4.78, 5) is -0.412. The average molecular weight is 482 g/mol. The van der Waals surface area contributed by atoms with Crippen molar-refractivity contribution in [2.24, 2.45) is 5.92 Å². The van der Waals surface area contributed by atoms with Crippen molar-refractivity contribution in [3.8, 4) is 5.75 Å². The summed E-state index contributed by atoms with van der Waals surface area (Å²) >= 11 is 3.33. The highest BCUT2D eigenvalue weighted by Gasteiger charge is 2.55. The van der Waals surface area contributed by atoms with Gasteiger partial charge in [0.1, 0.15) is 29.2 Å². The molecule has 2 aromatic rings. The molecule has 0 bridgehead atoms. The van der Waals surface area contributed by atoms with Gasteiger partial charge in [0.2, 0.25) is 4.87 Å². The second-order valence-corrected chi connectivity index (χ2v) is 9.84. The van der Waals surface area contributed by atoms with Crippen LogP contribution < -0.4 is 9.80 Å². The van der Waals surface area contributed by atoms with Crippen molar-refractivity contribution in [3.05, 3.63) is 64.9 Å². The van der Waals surface area contributed by atoms with Gasteiger partial charge in [-0.2, -0.15) is 0 Å². The molecule has 4 atom stereocenters. The predicted molar refractivity (Wildman–Crippen MR) is 119 cm³/mol. The van der Waals surface area contributed by atoms with Gasteiger partial charge in [-0.3, -0.25) is 0 Å². The Morgan fingerprint density at radius 3 is 2.55 bits per heavy atom. The molecule has 0 radical (unpaired) electrons. The highest BCUT2D eigenvalue weighted by Crippen LogP contribution is 2.43. The number of hydroxylamine groups is 2. The first-order valence-electron chi connectivity index (χ1n) is 9.87. The molecular weight excluding hydrogens is 454 g/mol. The minimum absolute atomic E-state index is 0.0175. The summed E-state index contributed by atoms with van der Waals surface area (Å²) in [7, 11) is -1.53. The van der Waals surface area contributed by atoms with Crippen molar-refractivity contribution in [3.63, 3.8) is 0 Å². The van der Waals surface area contributed by atoms with Crippen LogP contribution >= 0.6 is 15.9 Å². The minimum Gasteiger partial charge on any atom is -0.633 e. The van der Waals surface area contributed by atoms with Crippen LogP contribution in [0.3, 0.4) is 0 Å². The van der Waals surface area contributed by atoms with Gasteiger partial charge in [0.15, 0.2) is 0 Å². The number of hydrogen-bond donors (Lipinski definition) is 1. The van der Waals surface area contributed by atoms with Gasteiger partial charge in [0, 0.05) is 16.8 Å². The third-order valence-corrected chi connectivity index (χ3v) is 8.02. The number of fused-ring (bicyclic) bond motifs is 1. The van der Waals surface area contributed by atoms with Crippen molar-refractivity contribution in [2.75, 3.05) is 25.2 Å². The summed E-state index contributed by atoms with van der Waals surface area (Å²) in [5.41, 5.74) is 1.55. The summed E-state index contributed by atoms with van der Waals surface area (Å²) < 4.78 is 25.4. The summed E-state index contributed by atoms with van der Waals surface area (Å²) in [6, 6.07) is 14.7. The molecule has 7 heteroatoms. The molecule has 0 aliphatic carbocycles. The van der Waals surface area contributed by atoms with Crippen LogP contribution in [0.4, 0.5) is 0 Å². The Hall–Kier alpha value is -1.25. The molecule has 0 saturated heterocycles. The molecule has 158 valence electrons. The fourth-order valence-electron chi connectivity index (χ4n) is 4.04. The Bertz CT molecular complexity index is 862. The van der Waals surface area contributed by atoms with Gasteiger partial charge in [0.05, 0.1) is 23.7 Å². The second-order valence-electron chi connectivity index (χ2n) is 7.43. The normalized spacial score (nSPS) is 26.3. The largest absolute Gasteiger partial charge is 0.633 e. The van der Waals surface area contributed by atoms with Crippen molar-refractivity contribution < 1.29 is 18.7 Å². The number of nitrogens with one attached hydrogen (secondary N) is 1. The topological polar surface area (TPSA) is 63.0 Å². The standard InChI is InChI=1S/C22H28BrNO4S/c1-16(2)22(19-9-5-6-10-20(19)28-15-14-27-13-12-23)24(25)17(3)18-8-4-7-11-21(18)29(22)26/h4-11,16-17,24H,12-15H2,1-3H3. The van der Waals surface area contributed by atoms with Crippen LogP contribution in [0.5, 0.6) is 5.75 Å². The maximum Gasteiger partial charge on any atom is 0.209 e. The molecule has 2 aromatic carbocycles. The van der Waals surface area contributed by atoms with E-state index in [4.69, 9.17) is 9.47 Å². The molecule has 0 aromatic heterocycles. The van der Waals surface area contributed by atoms with Crippen LogP contribution in [-0.4, -0.2) is 29.4 Å². The molecule has 0 fully saturated rings. The lowest BCUT2D eigenvalue weighted by molar-refractivity contribution is -0.930. The Labute approximate surface area is 183 Å². The van der Waals surface area contributed by atoms with E-state index < -0.39 is 15.7 Å². The highest BCUT2D eigenvalue weighted by atomic mass is 79.9. The number of halogens is 1. The first-order chi connectivity index (χ1) is 14.0. The molecule has 3 rings (SSSR count). The third-order valence-electron chi connectivity index (χ3n) is 5.44. The lowest BCUT2D eigenvalue weighted by atomic mass is 9.91. The molecule has 5 nitrogen and oxygen atoms in total. The van der Waals surface area contributed by atoms with Gasteiger partial charge in [-0.1, -0.05) is 60.1 Å². The molecule has 0 amide bonds. The van der Waals surface area contributed by atoms with E-state index in [1.807, 2.05) is 69.3 Å². The van der Waals surface area contributed by atoms with E-state index in [1.54, 1.807) is 0 Å². The Morgan fingerprint density at radius 2 is 1.83 bits per heavy atom. The SMILES string of the molecule is CC1c2ccccc2S(=O)C(c2ccccc2OCCOCCBr)(C(C)C)[NH+]1[O-]. The first kappa shape index (κ1) is 22.4. The van der Waals surface area contributed by atoms with Crippen molar-refractivity contribution in [1.29, 1.82) is 0 Å². The average Bonchev–Trinajstić information content (AvgIpc) is 2.73. The van der Waals surface area contributed by atoms with Crippen molar-refractivity contribution >= 4 is 26.7 Å². The van der Waals surface area contributed by atoms with E-state index >= 15 is 0 Å². The van der Waals surface area contributed by atoms with E-state index in [9.17, 15) is 9.42 Å². The van der Waals surface area contributed by atoms with E-state index in [2.05, 4.69) is 15.9 Å². The number of alkyl halides is 1. The van der Waals surface area contributed by atoms with Crippen LogP contribution in [-0.2, 0) is 20.4 Å². The Kier molecular flexibility index (Phi) is 7.51. The molecule has 0 spiro atoms. The Morgan fingerprint density at radius 1 is 1.14 bits per heavy atom. The maximum absolute atomic E-state index is 13.9. The molecular formula is C22H28BrNO4S. The van der Waals surface area contributed by atoms with Gasteiger partial charge >= 0.3 is 0 Å². The van der Waals surface area contributed by atoms with Crippen LogP contribution in [0.15, 0.2) is 53.4 Å². The van der Waals surface area contributed by atoms with Crippen LogP contribution in [0.1, 0.15) is 37.9 Å². The van der Waals surface area contributed by atoms with Crippen LogP contribution in [0.25, 0.3) is 0 Å². The zero-order valence-electron chi connectivity index (χ0n) is 17.0. The molecule has 4 unspecified atom stereocenters. The zero-order valence-corrected chi connectivity index (χ0v) is 19.4. The van der Waals surface area contributed by atoms with Gasteiger partial charge in [-0.05, 0) is 25.1 Å². The number of rotatable bonds is 8. The number of hydrogen-bond acceptors (Lipinski definition) is 4. The van der Waals surface area contributed by atoms with Crippen LogP contribution in [0, 0.1) is 11.1 Å². The number of benzene rings is 2. The fourth-order valence-corrected chi connectivity index (χ4v) is 6.44. The molecule has 1 N–H and O–H groups in total. The summed E-state index contributed by atoms with van der Waals surface area (Å²) in [6.07, 6.45) is 0. The quantitative estimate of drug-likeness (QED) is 0.355. The second kappa shape index (κ2) is 9.71. The Balaban J connectivity index is 2.06. The van der Waals surface area contributed by atoms with E-state index in [0.29, 0.717) is 31.1 Å². The molecule has 0 saturated carbocycles. The van der Waals surface area contributed by atoms with E-state index in [-0.39, 0.29) is 17.0 Å². The number of ether oxygens (including phenoxy) is 2. The summed E-state index contributed by atoms with van der Waals surface area (Å²) in [5, 5.41) is 14.5. The third kappa shape index (κ3) is 4.03. The van der Waals surface area contributed by atoms with Crippen molar-refractivity contribution in [2.45, 2.75) is 36.6 Å². The summed E-state index contributed by atoms with van der Waals surface area (Å²) in [6.45, 7) is 7.26.